The summed E-state index contributed by atoms with van der Waals surface area (Å²) in [6.07, 6.45) is -2.37. The molecule has 0 radical (unpaired) electrons. The zero-order valence-electron chi connectivity index (χ0n) is 27.2. The first-order valence-corrected chi connectivity index (χ1v) is 14.7. The third-order valence-corrected chi connectivity index (χ3v) is 6.23. The van der Waals surface area contributed by atoms with Crippen molar-refractivity contribution in [1.82, 2.24) is 0 Å². The molecular formula is C31H42O19. The summed E-state index contributed by atoms with van der Waals surface area (Å²) in [6, 6.07) is 0. The van der Waals surface area contributed by atoms with Gasteiger partial charge in [0.2, 0.25) is 0 Å². The molecule has 50 heavy (non-hydrogen) atoms. The zero-order valence-corrected chi connectivity index (χ0v) is 27.2. The summed E-state index contributed by atoms with van der Waals surface area (Å²) in [4.78, 5) is 93.4. The van der Waals surface area contributed by atoms with E-state index < -0.39 is 150 Å². The van der Waals surface area contributed by atoms with Crippen molar-refractivity contribution in [3.63, 3.8) is 0 Å². The molecule has 0 aromatic rings. The average Bonchev–Trinajstić information content (AvgIpc) is 3.08. The minimum Gasteiger partial charge on any atom is -0.481 e. The van der Waals surface area contributed by atoms with Gasteiger partial charge < -0.3 is 53.6 Å². The molecule has 1 atom stereocenters. The fourth-order valence-corrected chi connectivity index (χ4v) is 3.47. The van der Waals surface area contributed by atoms with Gasteiger partial charge in [0.1, 0.15) is 33.0 Å². The van der Waals surface area contributed by atoms with Gasteiger partial charge in [-0.05, 0) is 0 Å². The second-order valence-electron chi connectivity index (χ2n) is 10.7. The van der Waals surface area contributed by atoms with E-state index in [4.69, 9.17) is 48.5 Å². The number of carbonyl (C=O) groups excluding carboxylic acids is 5. The Morgan fingerprint density at radius 2 is 0.840 bits per heavy atom. The van der Waals surface area contributed by atoms with Crippen molar-refractivity contribution >= 4 is 47.8 Å². The van der Waals surface area contributed by atoms with Crippen LogP contribution in [-0.4, -0.2) is 127 Å². The van der Waals surface area contributed by atoms with Gasteiger partial charge >= 0.3 is 47.8 Å². The molecule has 0 aromatic heterocycles. The lowest BCUT2D eigenvalue weighted by Gasteiger charge is -2.36. The minimum atomic E-state index is -1.75. The molecule has 19 nitrogen and oxygen atoms in total. The zero-order chi connectivity index (χ0) is 38.2. The van der Waals surface area contributed by atoms with Gasteiger partial charge in [-0.3, -0.25) is 24.0 Å². The number of carbonyl (C=O) groups is 8. The number of hydrogen-bond donors (Lipinski definition) is 4. The van der Waals surface area contributed by atoms with Gasteiger partial charge in [0.05, 0.1) is 62.8 Å². The Morgan fingerprint density at radius 1 is 0.500 bits per heavy atom. The highest BCUT2D eigenvalue weighted by Gasteiger charge is 2.40. The van der Waals surface area contributed by atoms with Crippen LogP contribution in [0, 0.1) is 10.8 Å². The number of hydrogen-bond acceptors (Lipinski definition) is 16. The van der Waals surface area contributed by atoms with Gasteiger partial charge in [-0.1, -0.05) is 19.7 Å². The predicted molar refractivity (Wildman–Crippen MR) is 164 cm³/mol. The molecule has 0 heterocycles. The monoisotopic (exact) mass is 718 g/mol. The van der Waals surface area contributed by atoms with Crippen LogP contribution in [0.5, 0.6) is 0 Å². The van der Waals surface area contributed by atoms with E-state index in [1.807, 2.05) is 0 Å². The topological polar surface area (TPSA) is 282 Å². The first kappa shape index (κ1) is 44.9. The third-order valence-electron chi connectivity index (χ3n) is 6.23. The summed E-state index contributed by atoms with van der Waals surface area (Å²) in [5, 5.41) is 36.9. The Balaban J connectivity index is 6.54. The second-order valence-corrected chi connectivity index (χ2v) is 10.7. The van der Waals surface area contributed by atoms with Crippen molar-refractivity contribution in [2.75, 3.05) is 52.9 Å². The Kier molecular flexibility index (Phi) is 21.6. The molecule has 0 aliphatic rings. The molecule has 0 amide bonds. The van der Waals surface area contributed by atoms with Crippen molar-refractivity contribution in [3.05, 3.63) is 38.0 Å². The number of carboxylic acid groups (broad SMARTS) is 3. The third kappa shape index (κ3) is 21.0. The molecule has 0 saturated carbocycles. The van der Waals surface area contributed by atoms with E-state index in [0.29, 0.717) is 0 Å². The van der Waals surface area contributed by atoms with Gasteiger partial charge in [0.25, 0.3) is 0 Å². The normalized spacial score (nSPS) is 11.6. The fraction of sp³-hybridized carbons (Fsp3) is 0.548. The molecule has 280 valence electrons. The number of aliphatic hydroxyl groups is 1. The van der Waals surface area contributed by atoms with Crippen LogP contribution >= 0.6 is 0 Å². The van der Waals surface area contributed by atoms with Crippen LogP contribution in [0.1, 0.15) is 38.5 Å². The standard InChI is InChI=1S/C31H42O19/c1-4-24(38)45-15-30(16-46-25(39)5-2,18-48-27(41)10-7-21(32)33)13-44-14-31(17-47-26(40)6-3,19-49-28(42)11-8-22(34)35)20-50-29(43)12-9-23(36)37/h4-6,27,41H,1-3,7-20H2,(H,32,33)(H,34,35)(H,36,37). The summed E-state index contributed by atoms with van der Waals surface area (Å²) in [5.41, 5.74) is -3.40. The largest absolute Gasteiger partial charge is 0.481 e. The quantitative estimate of drug-likeness (QED) is 0.0347. The van der Waals surface area contributed by atoms with Gasteiger partial charge in [-0.25, -0.2) is 14.4 Å². The minimum absolute atomic E-state index is 0.358. The van der Waals surface area contributed by atoms with Crippen LogP contribution in [0.25, 0.3) is 0 Å². The Hall–Kier alpha value is -5.14. The lowest BCUT2D eigenvalue weighted by Crippen LogP contribution is -2.47. The summed E-state index contributed by atoms with van der Waals surface area (Å²) in [5.74, 6) is -8.66. The molecule has 0 aromatic carbocycles. The molecule has 0 aliphatic heterocycles. The number of rotatable bonds is 29. The lowest BCUT2D eigenvalue weighted by molar-refractivity contribution is -0.184. The van der Waals surface area contributed by atoms with Crippen LogP contribution in [0.4, 0.5) is 0 Å². The van der Waals surface area contributed by atoms with Gasteiger partial charge in [0.15, 0.2) is 6.29 Å². The van der Waals surface area contributed by atoms with Crippen molar-refractivity contribution < 1.29 is 91.9 Å². The van der Waals surface area contributed by atoms with E-state index in [2.05, 4.69) is 19.7 Å². The number of aliphatic carboxylic acids is 3. The number of ether oxygens (including phenoxy) is 7. The molecule has 19 heteroatoms. The number of carboxylic acids is 3. The van der Waals surface area contributed by atoms with E-state index in [9.17, 15) is 43.5 Å². The molecule has 0 saturated heterocycles. The van der Waals surface area contributed by atoms with Gasteiger partial charge in [-0.2, -0.15) is 0 Å². The Bertz CT molecular complexity index is 1160. The average molecular weight is 719 g/mol. The molecule has 0 rings (SSSR count). The fourth-order valence-electron chi connectivity index (χ4n) is 3.47. The highest BCUT2D eigenvalue weighted by Crippen LogP contribution is 2.27. The highest BCUT2D eigenvalue weighted by molar-refractivity contribution is 5.82. The van der Waals surface area contributed by atoms with E-state index in [0.717, 1.165) is 18.2 Å². The Morgan fingerprint density at radius 3 is 1.18 bits per heavy atom. The van der Waals surface area contributed by atoms with Crippen molar-refractivity contribution in [2.24, 2.45) is 10.8 Å². The van der Waals surface area contributed by atoms with Crippen LogP contribution in [0.3, 0.4) is 0 Å². The number of esters is 5. The summed E-state index contributed by atoms with van der Waals surface area (Å²) < 4.78 is 37.1. The summed E-state index contributed by atoms with van der Waals surface area (Å²) >= 11 is 0. The first-order valence-electron chi connectivity index (χ1n) is 14.7. The SMILES string of the molecule is C=CC(=O)OCC(COCC(COC(=O)C=C)(COC(=O)C=C)COC(O)CCC(=O)O)(COC(=O)CCC(=O)O)COC(=O)CCC(=O)O. The van der Waals surface area contributed by atoms with Crippen LogP contribution in [0.2, 0.25) is 0 Å². The van der Waals surface area contributed by atoms with Crippen LogP contribution in [-0.2, 0) is 71.5 Å². The predicted octanol–water partition coefficient (Wildman–Crippen LogP) is 0.179. The molecule has 0 aliphatic carbocycles. The lowest BCUT2D eigenvalue weighted by atomic mass is 9.90. The molecule has 0 bridgehead atoms. The van der Waals surface area contributed by atoms with Crippen molar-refractivity contribution in [1.29, 1.82) is 0 Å². The first-order chi connectivity index (χ1) is 23.5. The van der Waals surface area contributed by atoms with Crippen molar-refractivity contribution in [2.45, 2.75) is 44.8 Å². The molecule has 0 fully saturated rings. The van der Waals surface area contributed by atoms with Crippen LogP contribution in [0.15, 0.2) is 38.0 Å². The van der Waals surface area contributed by atoms with Crippen molar-refractivity contribution in [3.8, 4) is 0 Å². The summed E-state index contributed by atoms with van der Waals surface area (Å²) in [7, 11) is 0. The maximum absolute atomic E-state index is 12.3. The maximum atomic E-state index is 12.3. The molecular weight excluding hydrogens is 676 g/mol. The summed E-state index contributed by atoms with van der Waals surface area (Å²) in [6.45, 7) is 4.74. The van der Waals surface area contributed by atoms with E-state index >= 15 is 0 Å². The molecule has 0 spiro atoms. The highest BCUT2D eigenvalue weighted by atomic mass is 16.6. The van der Waals surface area contributed by atoms with Crippen LogP contribution < -0.4 is 0 Å². The van der Waals surface area contributed by atoms with Gasteiger partial charge in [0, 0.05) is 24.6 Å². The number of aliphatic hydroxyl groups excluding tert-OH is 1. The van der Waals surface area contributed by atoms with E-state index in [1.54, 1.807) is 0 Å². The van der Waals surface area contributed by atoms with E-state index in [-0.39, 0.29) is 6.42 Å². The second kappa shape index (κ2) is 24.1. The smallest absolute Gasteiger partial charge is 0.330 e. The van der Waals surface area contributed by atoms with Gasteiger partial charge in [-0.15, -0.1) is 0 Å². The van der Waals surface area contributed by atoms with E-state index in [1.165, 1.54) is 0 Å². The molecule has 1 unspecified atom stereocenters. The Labute approximate surface area is 286 Å². The maximum Gasteiger partial charge on any atom is 0.330 e. The molecule has 4 N–H and O–H groups in total.